The molecule has 26 heavy (non-hydrogen) atoms. The van der Waals surface area contributed by atoms with E-state index < -0.39 is 0 Å². The van der Waals surface area contributed by atoms with E-state index in [1.807, 2.05) is 48.5 Å². The number of benzene rings is 2. The van der Waals surface area contributed by atoms with E-state index >= 15 is 0 Å². The highest BCUT2D eigenvalue weighted by molar-refractivity contribution is 7.21. The second-order valence-corrected chi connectivity index (χ2v) is 7.68. The number of rotatable bonds is 5. The first-order valence-electron chi connectivity index (χ1n) is 8.30. The molecule has 134 valence electrons. The van der Waals surface area contributed by atoms with Gasteiger partial charge in [0.15, 0.2) is 0 Å². The molecule has 3 aromatic rings. The van der Waals surface area contributed by atoms with Gasteiger partial charge in [-0.1, -0.05) is 55.8 Å². The van der Waals surface area contributed by atoms with Crippen molar-refractivity contribution < 1.29 is 9.59 Å². The molecule has 2 amide bonds. The van der Waals surface area contributed by atoms with Crippen molar-refractivity contribution in [1.82, 2.24) is 5.32 Å². The number of fused-ring (bicyclic) bond motifs is 1. The zero-order chi connectivity index (χ0) is 18.7. The monoisotopic (exact) mass is 386 g/mol. The molecule has 0 bridgehead atoms. The average Bonchev–Trinajstić information content (AvgIpc) is 2.97. The van der Waals surface area contributed by atoms with Crippen LogP contribution in [0.1, 0.15) is 35.0 Å². The SMILES string of the molecule is CC(C)c1cccc(NC(=O)CNC(=O)c2sc3ccccc3c2Cl)c1. The van der Waals surface area contributed by atoms with E-state index in [-0.39, 0.29) is 18.4 Å². The van der Waals surface area contributed by atoms with Crippen LogP contribution in [-0.4, -0.2) is 18.4 Å². The number of thiophene rings is 1. The number of anilines is 1. The Balaban J connectivity index is 1.63. The summed E-state index contributed by atoms with van der Waals surface area (Å²) in [6.07, 6.45) is 0. The fraction of sp³-hybridized carbons (Fsp3) is 0.200. The summed E-state index contributed by atoms with van der Waals surface area (Å²) in [5.41, 5.74) is 1.86. The fourth-order valence-electron chi connectivity index (χ4n) is 2.58. The second kappa shape index (κ2) is 7.89. The number of carbonyl (C=O) groups excluding carboxylic acids is 2. The summed E-state index contributed by atoms with van der Waals surface area (Å²) in [5, 5.41) is 6.71. The van der Waals surface area contributed by atoms with Crippen molar-refractivity contribution in [3.63, 3.8) is 0 Å². The quantitative estimate of drug-likeness (QED) is 0.644. The first kappa shape index (κ1) is 18.4. The molecule has 2 aromatic carbocycles. The van der Waals surface area contributed by atoms with Crippen LogP contribution in [0.15, 0.2) is 48.5 Å². The molecule has 3 rings (SSSR count). The number of amides is 2. The van der Waals surface area contributed by atoms with Crippen molar-refractivity contribution in [1.29, 1.82) is 0 Å². The molecule has 6 heteroatoms. The van der Waals surface area contributed by atoms with Gasteiger partial charge < -0.3 is 10.6 Å². The lowest BCUT2D eigenvalue weighted by molar-refractivity contribution is -0.115. The zero-order valence-corrected chi connectivity index (χ0v) is 16.1. The maximum Gasteiger partial charge on any atom is 0.263 e. The Labute approximate surface area is 161 Å². The molecule has 1 aromatic heterocycles. The van der Waals surface area contributed by atoms with Gasteiger partial charge in [-0.2, -0.15) is 0 Å². The van der Waals surface area contributed by atoms with E-state index in [9.17, 15) is 9.59 Å². The molecular formula is C20H19ClN2O2S. The van der Waals surface area contributed by atoms with Gasteiger partial charge >= 0.3 is 0 Å². The molecule has 0 fully saturated rings. The van der Waals surface area contributed by atoms with Gasteiger partial charge in [-0.25, -0.2) is 0 Å². The topological polar surface area (TPSA) is 58.2 Å². The zero-order valence-electron chi connectivity index (χ0n) is 14.5. The molecule has 1 heterocycles. The summed E-state index contributed by atoms with van der Waals surface area (Å²) in [6, 6.07) is 15.3. The lowest BCUT2D eigenvalue weighted by atomic mass is 10.0. The summed E-state index contributed by atoms with van der Waals surface area (Å²) < 4.78 is 0.942. The van der Waals surface area contributed by atoms with Crippen molar-refractivity contribution in [2.24, 2.45) is 0 Å². The van der Waals surface area contributed by atoms with Crippen LogP contribution >= 0.6 is 22.9 Å². The number of carbonyl (C=O) groups is 2. The second-order valence-electron chi connectivity index (χ2n) is 6.25. The Bertz CT molecular complexity index is 965. The fourth-order valence-corrected chi connectivity index (χ4v) is 4.02. The highest BCUT2D eigenvalue weighted by Gasteiger charge is 2.17. The number of hydrogen-bond acceptors (Lipinski definition) is 3. The van der Waals surface area contributed by atoms with Crippen LogP contribution in [0.3, 0.4) is 0 Å². The van der Waals surface area contributed by atoms with E-state index in [2.05, 4.69) is 24.5 Å². The van der Waals surface area contributed by atoms with Gasteiger partial charge in [0.05, 0.1) is 11.6 Å². The maximum absolute atomic E-state index is 12.4. The standard InChI is InChI=1S/C20H19ClN2O2S/c1-12(2)13-6-5-7-14(10-13)23-17(24)11-22-20(25)19-18(21)15-8-3-4-9-16(15)26-19/h3-10,12H,11H2,1-2H3,(H,22,25)(H,23,24). The highest BCUT2D eigenvalue weighted by Crippen LogP contribution is 2.34. The molecule has 0 atom stereocenters. The van der Waals surface area contributed by atoms with Gasteiger partial charge in [-0.05, 0) is 29.7 Å². The van der Waals surface area contributed by atoms with E-state index in [1.54, 1.807) is 0 Å². The van der Waals surface area contributed by atoms with Gasteiger partial charge in [-0.15, -0.1) is 11.3 Å². The van der Waals surface area contributed by atoms with Gasteiger partial charge in [0.2, 0.25) is 5.91 Å². The Hall–Kier alpha value is -2.37. The summed E-state index contributed by atoms with van der Waals surface area (Å²) >= 11 is 7.61. The molecule has 0 unspecified atom stereocenters. The van der Waals surface area contributed by atoms with Crippen LogP contribution in [0.25, 0.3) is 10.1 Å². The first-order valence-corrected chi connectivity index (χ1v) is 9.50. The molecular weight excluding hydrogens is 368 g/mol. The molecule has 4 nitrogen and oxygen atoms in total. The molecule has 2 N–H and O–H groups in total. The highest BCUT2D eigenvalue weighted by atomic mass is 35.5. The van der Waals surface area contributed by atoms with Gasteiger partial charge in [0.25, 0.3) is 5.91 Å². The summed E-state index contributed by atoms with van der Waals surface area (Å²) in [6.45, 7) is 4.07. The van der Waals surface area contributed by atoms with Crippen LogP contribution in [0, 0.1) is 0 Å². The number of hydrogen-bond donors (Lipinski definition) is 2. The third kappa shape index (κ3) is 4.06. The largest absolute Gasteiger partial charge is 0.342 e. The molecule has 0 radical (unpaired) electrons. The van der Waals surface area contributed by atoms with Gasteiger partial charge in [0, 0.05) is 15.8 Å². The van der Waals surface area contributed by atoms with Crippen molar-refractivity contribution >= 4 is 50.5 Å². The lowest BCUT2D eigenvalue weighted by Gasteiger charge is -2.10. The number of nitrogens with one attached hydrogen (secondary N) is 2. The Kier molecular flexibility index (Phi) is 5.59. The van der Waals surface area contributed by atoms with Crippen molar-refractivity contribution in [3.05, 3.63) is 64.0 Å². The first-order chi connectivity index (χ1) is 12.5. The normalized spacial score (nSPS) is 10.9. The summed E-state index contributed by atoms with van der Waals surface area (Å²) in [5.74, 6) is -0.250. The minimum atomic E-state index is -0.345. The van der Waals surface area contributed by atoms with Crippen LogP contribution < -0.4 is 10.6 Å². The van der Waals surface area contributed by atoms with Crippen LogP contribution in [0.5, 0.6) is 0 Å². The molecule has 0 spiro atoms. The Morgan fingerprint density at radius 1 is 1.12 bits per heavy atom. The Morgan fingerprint density at radius 2 is 1.88 bits per heavy atom. The molecule has 0 saturated carbocycles. The molecule has 0 aliphatic rings. The maximum atomic E-state index is 12.4. The van der Waals surface area contributed by atoms with Crippen LogP contribution in [0.4, 0.5) is 5.69 Å². The van der Waals surface area contributed by atoms with E-state index in [0.717, 1.165) is 21.3 Å². The van der Waals surface area contributed by atoms with Gasteiger partial charge in [0.1, 0.15) is 4.88 Å². The van der Waals surface area contributed by atoms with Crippen molar-refractivity contribution in [3.8, 4) is 0 Å². The van der Waals surface area contributed by atoms with E-state index in [4.69, 9.17) is 11.6 Å². The lowest BCUT2D eigenvalue weighted by Crippen LogP contribution is -2.32. The third-order valence-electron chi connectivity index (χ3n) is 3.99. The molecule has 0 aliphatic carbocycles. The third-order valence-corrected chi connectivity index (χ3v) is 5.66. The molecule has 0 saturated heterocycles. The van der Waals surface area contributed by atoms with E-state index in [0.29, 0.717) is 15.8 Å². The van der Waals surface area contributed by atoms with Crippen LogP contribution in [-0.2, 0) is 4.79 Å². The summed E-state index contributed by atoms with van der Waals surface area (Å²) in [4.78, 5) is 24.9. The summed E-state index contributed by atoms with van der Waals surface area (Å²) in [7, 11) is 0. The predicted octanol–water partition coefficient (Wildman–Crippen LogP) is 5.05. The van der Waals surface area contributed by atoms with Crippen molar-refractivity contribution in [2.45, 2.75) is 19.8 Å². The van der Waals surface area contributed by atoms with Crippen LogP contribution in [0.2, 0.25) is 5.02 Å². The minimum absolute atomic E-state index is 0.116. The Morgan fingerprint density at radius 3 is 2.62 bits per heavy atom. The minimum Gasteiger partial charge on any atom is -0.342 e. The smallest absolute Gasteiger partial charge is 0.263 e. The predicted molar refractivity (Wildman–Crippen MR) is 108 cm³/mol. The van der Waals surface area contributed by atoms with E-state index in [1.165, 1.54) is 11.3 Å². The number of halogens is 1. The van der Waals surface area contributed by atoms with Gasteiger partial charge in [-0.3, -0.25) is 9.59 Å². The average molecular weight is 387 g/mol. The van der Waals surface area contributed by atoms with Crippen molar-refractivity contribution in [2.75, 3.05) is 11.9 Å². The molecule has 0 aliphatic heterocycles.